The normalized spacial score (nSPS) is 27.2. The van der Waals surface area contributed by atoms with Gasteiger partial charge in [-0.3, -0.25) is 0 Å². The van der Waals surface area contributed by atoms with Gasteiger partial charge in [-0.05, 0) is 67.8 Å². The second-order valence-electron chi connectivity index (χ2n) is 8.66. The van der Waals surface area contributed by atoms with E-state index in [-0.39, 0.29) is 5.54 Å². The third kappa shape index (κ3) is 4.10. The highest BCUT2D eigenvalue weighted by Crippen LogP contribution is 2.52. The third-order valence-electron chi connectivity index (χ3n) is 6.76. The molecule has 2 atom stereocenters. The Bertz CT molecular complexity index is 832. The van der Waals surface area contributed by atoms with E-state index in [2.05, 4.69) is 20.0 Å². The van der Waals surface area contributed by atoms with Crippen LogP contribution in [0.1, 0.15) is 50.3 Å². The highest BCUT2D eigenvalue weighted by Gasteiger charge is 2.55. The number of anilines is 1. The first-order valence-corrected chi connectivity index (χ1v) is 11.9. The van der Waals surface area contributed by atoms with E-state index in [0.717, 1.165) is 55.5 Å². The van der Waals surface area contributed by atoms with E-state index in [1.807, 2.05) is 24.6 Å². The number of pyridine rings is 1. The lowest BCUT2D eigenvalue weighted by Crippen LogP contribution is -2.44. The Labute approximate surface area is 175 Å². The summed E-state index contributed by atoms with van der Waals surface area (Å²) >= 11 is 1.68. The number of nitrogens with zero attached hydrogens (tertiary/aromatic N) is 4. The first-order chi connectivity index (χ1) is 14.2. The summed E-state index contributed by atoms with van der Waals surface area (Å²) in [6, 6.07) is 3.99. The molecule has 0 bridgehead atoms. The van der Waals surface area contributed by atoms with Crippen LogP contribution in [0.4, 0.5) is 5.95 Å². The second kappa shape index (κ2) is 7.80. The lowest BCUT2D eigenvalue weighted by Gasteiger charge is -2.34. The van der Waals surface area contributed by atoms with Gasteiger partial charge >= 0.3 is 0 Å². The Morgan fingerprint density at radius 3 is 2.79 bits per heavy atom. The van der Waals surface area contributed by atoms with Crippen molar-refractivity contribution in [1.29, 1.82) is 0 Å². The Balaban J connectivity index is 1.07. The molecule has 8 heteroatoms. The number of nitrogens with two attached hydrogens (primary N) is 1. The maximum absolute atomic E-state index is 6.78. The second-order valence-corrected chi connectivity index (χ2v) is 9.53. The molecule has 0 radical (unpaired) electrons. The van der Waals surface area contributed by atoms with Crippen LogP contribution in [0.5, 0.6) is 5.88 Å². The molecule has 3 heterocycles. The van der Waals surface area contributed by atoms with Crippen LogP contribution in [-0.4, -0.2) is 46.6 Å². The fraction of sp³-hybridized carbons (Fsp3) is 0.667. The monoisotopic (exact) mass is 415 g/mol. The molecule has 2 unspecified atom stereocenters. The van der Waals surface area contributed by atoms with Gasteiger partial charge in [-0.15, -0.1) is 11.8 Å². The molecule has 2 aromatic rings. The van der Waals surface area contributed by atoms with E-state index in [0.29, 0.717) is 30.2 Å². The largest absolute Gasteiger partial charge is 0.478 e. The van der Waals surface area contributed by atoms with Crippen LogP contribution in [0.25, 0.3) is 0 Å². The van der Waals surface area contributed by atoms with Crippen molar-refractivity contribution in [2.75, 3.05) is 30.9 Å². The van der Waals surface area contributed by atoms with Crippen LogP contribution >= 0.6 is 11.8 Å². The molecule has 7 nitrogen and oxygen atoms in total. The fourth-order valence-electron chi connectivity index (χ4n) is 4.59. The van der Waals surface area contributed by atoms with Crippen LogP contribution in [0.2, 0.25) is 0 Å². The van der Waals surface area contributed by atoms with E-state index in [1.165, 1.54) is 12.8 Å². The first-order valence-electron chi connectivity index (χ1n) is 10.7. The third-order valence-corrected chi connectivity index (χ3v) is 7.47. The number of rotatable bonds is 8. The van der Waals surface area contributed by atoms with E-state index in [4.69, 9.17) is 15.0 Å². The van der Waals surface area contributed by atoms with Crippen molar-refractivity contribution in [3.8, 4) is 5.88 Å². The van der Waals surface area contributed by atoms with Gasteiger partial charge in [0.15, 0.2) is 0 Å². The zero-order chi connectivity index (χ0) is 19.8. The minimum absolute atomic E-state index is 0.0258. The van der Waals surface area contributed by atoms with Gasteiger partial charge in [0.1, 0.15) is 0 Å². The van der Waals surface area contributed by atoms with Gasteiger partial charge in [0.05, 0.1) is 6.61 Å². The van der Waals surface area contributed by atoms with Gasteiger partial charge in [-0.1, -0.05) is 0 Å². The van der Waals surface area contributed by atoms with Crippen molar-refractivity contribution >= 4 is 17.7 Å². The number of piperidine rings is 1. The molecule has 2 aromatic heterocycles. The fourth-order valence-corrected chi connectivity index (χ4v) is 4.95. The lowest BCUT2D eigenvalue weighted by atomic mass is 9.86. The van der Waals surface area contributed by atoms with Crippen LogP contribution in [0.3, 0.4) is 0 Å². The molecule has 1 saturated heterocycles. The Morgan fingerprint density at radius 2 is 2.10 bits per heavy atom. The molecular formula is C21H29N5O2S. The molecule has 1 aliphatic heterocycles. The standard InChI is InChI=1S/C21H29N5O2S/c1-29-17-4-5-18(23-13-17)27-11-8-16-12-21(16,22)15-6-9-26(10-7-15)20-24-19(28-25-20)14-2-3-14/h4-5,13-16H,2-3,6-12,22H2,1H3. The average molecular weight is 416 g/mol. The topological polar surface area (TPSA) is 90.3 Å². The number of thioether (sulfide) groups is 1. The highest BCUT2D eigenvalue weighted by atomic mass is 32.2. The predicted octanol–water partition coefficient (Wildman–Crippen LogP) is 3.47. The average Bonchev–Trinajstić information content (AvgIpc) is 3.67. The highest BCUT2D eigenvalue weighted by molar-refractivity contribution is 7.98. The van der Waals surface area contributed by atoms with Crippen LogP contribution in [0.15, 0.2) is 27.7 Å². The van der Waals surface area contributed by atoms with Crippen LogP contribution in [-0.2, 0) is 0 Å². The van der Waals surface area contributed by atoms with Gasteiger partial charge in [0.25, 0.3) is 5.95 Å². The molecule has 5 rings (SSSR count). The molecule has 0 amide bonds. The van der Waals surface area contributed by atoms with Gasteiger partial charge in [0, 0.05) is 41.7 Å². The minimum Gasteiger partial charge on any atom is -0.478 e. The molecule has 156 valence electrons. The van der Waals surface area contributed by atoms with Gasteiger partial charge < -0.3 is 19.9 Å². The van der Waals surface area contributed by atoms with E-state index in [1.54, 1.807) is 11.8 Å². The van der Waals surface area contributed by atoms with Crippen molar-refractivity contribution in [3.05, 3.63) is 24.2 Å². The Kier molecular flexibility index (Phi) is 5.16. The minimum atomic E-state index is -0.0258. The number of ether oxygens (including phenoxy) is 1. The van der Waals surface area contributed by atoms with Gasteiger partial charge in [-0.2, -0.15) is 4.98 Å². The molecular weight excluding hydrogens is 386 g/mol. The molecule has 3 aliphatic rings. The van der Waals surface area contributed by atoms with Crippen molar-refractivity contribution < 1.29 is 9.26 Å². The van der Waals surface area contributed by atoms with E-state index < -0.39 is 0 Å². The predicted molar refractivity (Wildman–Crippen MR) is 112 cm³/mol. The van der Waals surface area contributed by atoms with Gasteiger partial charge in [-0.25, -0.2) is 4.98 Å². The molecule has 29 heavy (non-hydrogen) atoms. The lowest BCUT2D eigenvalue weighted by molar-refractivity contribution is 0.262. The molecule has 0 spiro atoms. The summed E-state index contributed by atoms with van der Waals surface area (Å²) < 4.78 is 11.2. The van der Waals surface area contributed by atoms with Crippen LogP contribution < -0.4 is 15.4 Å². The van der Waals surface area contributed by atoms with Crippen molar-refractivity contribution in [2.45, 2.75) is 54.9 Å². The van der Waals surface area contributed by atoms with E-state index >= 15 is 0 Å². The molecule has 0 aromatic carbocycles. The Hall–Kier alpha value is -1.80. The molecule has 2 aliphatic carbocycles. The zero-order valence-corrected chi connectivity index (χ0v) is 17.7. The van der Waals surface area contributed by atoms with Crippen LogP contribution in [0, 0.1) is 11.8 Å². The zero-order valence-electron chi connectivity index (χ0n) is 16.9. The number of aromatic nitrogens is 3. The number of hydrogen-bond acceptors (Lipinski definition) is 8. The van der Waals surface area contributed by atoms with Crippen molar-refractivity contribution in [3.63, 3.8) is 0 Å². The first kappa shape index (κ1) is 19.2. The van der Waals surface area contributed by atoms with Gasteiger partial charge in [0.2, 0.25) is 11.8 Å². The summed E-state index contributed by atoms with van der Waals surface area (Å²) in [5, 5.41) is 4.18. The molecule has 3 fully saturated rings. The smallest absolute Gasteiger partial charge is 0.266 e. The summed E-state index contributed by atoms with van der Waals surface area (Å²) in [6.45, 7) is 2.60. The van der Waals surface area contributed by atoms with Crippen molar-refractivity contribution in [1.82, 2.24) is 15.1 Å². The number of hydrogen-bond donors (Lipinski definition) is 1. The summed E-state index contributed by atoms with van der Waals surface area (Å²) in [4.78, 5) is 12.3. The summed E-state index contributed by atoms with van der Waals surface area (Å²) in [5.41, 5.74) is 6.75. The van der Waals surface area contributed by atoms with E-state index in [9.17, 15) is 0 Å². The molecule has 2 saturated carbocycles. The maximum atomic E-state index is 6.78. The Morgan fingerprint density at radius 1 is 1.28 bits per heavy atom. The SMILES string of the molecule is CSc1ccc(OCCC2CC2(N)C2CCN(c3noc(C4CC4)n3)CC2)nc1. The summed E-state index contributed by atoms with van der Waals surface area (Å²) in [5.74, 6) is 3.90. The maximum Gasteiger partial charge on any atom is 0.266 e. The summed E-state index contributed by atoms with van der Waals surface area (Å²) in [6.07, 6.45) is 10.6. The summed E-state index contributed by atoms with van der Waals surface area (Å²) in [7, 11) is 0. The molecule has 2 N–H and O–H groups in total. The quantitative estimate of drug-likeness (QED) is 0.656. The van der Waals surface area contributed by atoms with Crippen molar-refractivity contribution in [2.24, 2.45) is 17.6 Å².